The lowest BCUT2D eigenvalue weighted by Gasteiger charge is -2.18. The minimum absolute atomic E-state index is 0.182. The maximum atomic E-state index is 12.1. The monoisotopic (exact) mass is 255 g/mol. The highest BCUT2D eigenvalue weighted by molar-refractivity contribution is 7.14. The summed E-state index contributed by atoms with van der Waals surface area (Å²) in [6.45, 7) is 4.20. The van der Waals surface area contributed by atoms with Gasteiger partial charge in [-0.1, -0.05) is 13.8 Å². The fourth-order valence-corrected chi connectivity index (χ4v) is 2.44. The van der Waals surface area contributed by atoms with Gasteiger partial charge < -0.3 is 10.0 Å². The molecule has 0 spiro atoms. The van der Waals surface area contributed by atoms with E-state index in [1.54, 1.807) is 6.07 Å². The van der Waals surface area contributed by atoms with Crippen LogP contribution in [-0.4, -0.2) is 35.0 Å². The number of hydrogen-bond acceptors (Lipinski definition) is 3. The van der Waals surface area contributed by atoms with E-state index >= 15 is 0 Å². The van der Waals surface area contributed by atoms with Crippen LogP contribution >= 0.6 is 11.3 Å². The summed E-state index contributed by atoms with van der Waals surface area (Å²) in [6.07, 6.45) is 1.65. The smallest absolute Gasteiger partial charge is 0.323 e. The molecule has 1 amide bonds. The number of thiophene rings is 1. The summed E-state index contributed by atoms with van der Waals surface area (Å²) < 4.78 is 0. The molecule has 4 nitrogen and oxygen atoms in total. The first kappa shape index (κ1) is 13.7. The van der Waals surface area contributed by atoms with Crippen molar-refractivity contribution in [3.05, 3.63) is 21.9 Å². The third-order valence-corrected chi connectivity index (χ3v) is 3.55. The summed E-state index contributed by atoms with van der Waals surface area (Å²) in [4.78, 5) is 25.9. The van der Waals surface area contributed by atoms with Gasteiger partial charge in [0.05, 0.1) is 4.88 Å². The van der Waals surface area contributed by atoms with E-state index in [-0.39, 0.29) is 12.5 Å². The molecule has 0 saturated heterocycles. The summed E-state index contributed by atoms with van der Waals surface area (Å²) >= 11 is 1.44. The molecule has 94 valence electrons. The van der Waals surface area contributed by atoms with Crippen LogP contribution in [0.2, 0.25) is 0 Å². The van der Waals surface area contributed by atoms with Gasteiger partial charge in [-0.2, -0.15) is 0 Å². The maximum absolute atomic E-state index is 12.1. The van der Waals surface area contributed by atoms with Gasteiger partial charge in [-0.3, -0.25) is 9.59 Å². The number of amides is 1. The van der Waals surface area contributed by atoms with Crippen molar-refractivity contribution in [2.45, 2.75) is 26.7 Å². The Labute approximate surface area is 105 Å². The van der Waals surface area contributed by atoms with Gasteiger partial charge in [-0.25, -0.2) is 0 Å². The van der Waals surface area contributed by atoms with Crippen LogP contribution in [0.5, 0.6) is 0 Å². The molecule has 0 atom stereocenters. The number of carbonyl (C=O) groups excluding carboxylic acids is 1. The standard InChI is InChI=1S/C12H17NO3S/c1-3-7-13(8-11(14)15)12(16)10-6-5-9(4-2)17-10/h5-6H,3-4,7-8H2,1-2H3,(H,14,15). The predicted molar refractivity (Wildman–Crippen MR) is 67.5 cm³/mol. The Morgan fingerprint density at radius 3 is 2.53 bits per heavy atom. The maximum Gasteiger partial charge on any atom is 0.323 e. The lowest BCUT2D eigenvalue weighted by atomic mass is 10.3. The zero-order valence-corrected chi connectivity index (χ0v) is 10.9. The number of nitrogens with zero attached hydrogens (tertiary/aromatic N) is 1. The summed E-state index contributed by atoms with van der Waals surface area (Å²) in [5.41, 5.74) is 0. The molecule has 1 rings (SSSR count). The fourth-order valence-electron chi connectivity index (χ4n) is 1.52. The lowest BCUT2D eigenvalue weighted by Crippen LogP contribution is -2.35. The van der Waals surface area contributed by atoms with Crippen molar-refractivity contribution in [1.29, 1.82) is 0 Å². The van der Waals surface area contributed by atoms with Gasteiger partial charge >= 0.3 is 5.97 Å². The van der Waals surface area contributed by atoms with Crippen molar-refractivity contribution in [2.75, 3.05) is 13.1 Å². The first-order chi connectivity index (χ1) is 8.08. The second-order valence-electron chi connectivity index (χ2n) is 3.74. The van der Waals surface area contributed by atoms with Crippen LogP contribution in [-0.2, 0) is 11.2 Å². The molecular weight excluding hydrogens is 238 g/mol. The second-order valence-corrected chi connectivity index (χ2v) is 4.91. The van der Waals surface area contributed by atoms with Crippen molar-refractivity contribution in [3.63, 3.8) is 0 Å². The third-order valence-electron chi connectivity index (χ3n) is 2.33. The first-order valence-electron chi connectivity index (χ1n) is 5.68. The van der Waals surface area contributed by atoms with Crippen LogP contribution < -0.4 is 0 Å². The van der Waals surface area contributed by atoms with Crippen LogP contribution in [0, 0.1) is 0 Å². The van der Waals surface area contributed by atoms with Gasteiger partial charge in [0.2, 0.25) is 0 Å². The van der Waals surface area contributed by atoms with Gasteiger partial charge in [-0.05, 0) is 25.0 Å². The Balaban J connectivity index is 2.79. The Morgan fingerprint density at radius 1 is 1.35 bits per heavy atom. The normalized spacial score (nSPS) is 10.2. The number of carboxylic acid groups (broad SMARTS) is 1. The van der Waals surface area contributed by atoms with Crippen LogP contribution in [0.1, 0.15) is 34.8 Å². The van der Waals surface area contributed by atoms with E-state index in [4.69, 9.17) is 5.11 Å². The molecule has 1 heterocycles. The molecule has 5 heteroatoms. The average molecular weight is 255 g/mol. The summed E-state index contributed by atoms with van der Waals surface area (Å²) in [5, 5.41) is 8.77. The van der Waals surface area contributed by atoms with Crippen molar-refractivity contribution >= 4 is 23.2 Å². The van der Waals surface area contributed by atoms with Crippen LogP contribution in [0.3, 0.4) is 0 Å². The number of rotatable bonds is 6. The Bertz CT molecular complexity index is 400. The number of carboxylic acids is 1. The summed E-state index contributed by atoms with van der Waals surface area (Å²) in [5.74, 6) is -1.15. The largest absolute Gasteiger partial charge is 0.480 e. The highest BCUT2D eigenvalue weighted by atomic mass is 32.1. The van der Waals surface area contributed by atoms with Gasteiger partial charge in [0.1, 0.15) is 6.54 Å². The van der Waals surface area contributed by atoms with Gasteiger partial charge in [0, 0.05) is 11.4 Å². The lowest BCUT2D eigenvalue weighted by molar-refractivity contribution is -0.137. The molecule has 1 N–H and O–H groups in total. The van der Waals surface area contributed by atoms with E-state index in [1.165, 1.54) is 16.2 Å². The molecular formula is C12H17NO3S. The first-order valence-corrected chi connectivity index (χ1v) is 6.49. The fraction of sp³-hybridized carbons (Fsp3) is 0.500. The molecule has 0 unspecified atom stereocenters. The molecule has 17 heavy (non-hydrogen) atoms. The van der Waals surface area contributed by atoms with Gasteiger partial charge in [-0.15, -0.1) is 11.3 Å². The number of aliphatic carboxylic acids is 1. The van der Waals surface area contributed by atoms with Crippen molar-refractivity contribution in [2.24, 2.45) is 0 Å². The highest BCUT2D eigenvalue weighted by Gasteiger charge is 2.19. The molecule has 0 radical (unpaired) electrons. The molecule has 0 aliphatic carbocycles. The van der Waals surface area contributed by atoms with Crippen LogP contribution in [0.25, 0.3) is 0 Å². The molecule has 1 aromatic heterocycles. The van der Waals surface area contributed by atoms with Crippen LogP contribution in [0.4, 0.5) is 0 Å². The second kappa shape index (κ2) is 6.39. The summed E-state index contributed by atoms with van der Waals surface area (Å²) in [6, 6.07) is 3.69. The Kier molecular flexibility index (Phi) is 5.15. The zero-order chi connectivity index (χ0) is 12.8. The minimum Gasteiger partial charge on any atom is -0.480 e. The predicted octanol–water partition coefficient (Wildman–Crippen LogP) is 2.25. The molecule has 0 aliphatic rings. The zero-order valence-electron chi connectivity index (χ0n) is 10.1. The molecule has 0 bridgehead atoms. The van der Waals surface area contributed by atoms with E-state index in [0.29, 0.717) is 11.4 Å². The van der Waals surface area contributed by atoms with E-state index in [9.17, 15) is 9.59 Å². The quantitative estimate of drug-likeness (QED) is 0.848. The van der Waals surface area contributed by atoms with Crippen molar-refractivity contribution < 1.29 is 14.7 Å². The Hall–Kier alpha value is -1.36. The third kappa shape index (κ3) is 3.85. The highest BCUT2D eigenvalue weighted by Crippen LogP contribution is 2.18. The minimum atomic E-state index is -0.973. The SMILES string of the molecule is CCCN(CC(=O)O)C(=O)c1ccc(CC)s1. The number of aryl methyl sites for hydroxylation is 1. The van der Waals surface area contributed by atoms with Crippen LogP contribution in [0.15, 0.2) is 12.1 Å². The summed E-state index contributed by atoms with van der Waals surface area (Å²) in [7, 11) is 0. The molecule has 0 aliphatic heterocycles. The molecule has 0 saturated carbocycles. The average Bonchev–Trinajstić information content (AvgIpc) is 2.75. The van der Waals surface area contributed by atoms with E-state index in [2.05, 4.69) is 0 Å². The van der Waals surface area contributed by atoms with Gasteiger partial charge in [0.15, 0.2) is 0 Å². The molecule has 1 aromatic rings. The molecule has 0 fully saturated rings. The Morgan fingerprint density at radius 2 is 2.06 bits per heavy atom. The van der Waals surface area contributed by atoms with E-state index < -0.39 is 5.97 Å². The number of carbonyl (C=O) groups is 2. The topological polar surface area (TPSA) is 57.6 Å². The number of hydrogen-bond donors (Lipinski definition) is 1. The van der Waals surface area contributed by atoms with E-state index in [1.807, 2.05) is 19.9 Å². The molecule has 0 aromatic carbocycles. The van der Waals surface area contributed by atoms with Gasteiger partial charge in [0.25, 0.3) is 5.91 Å². The van der Waals surface area contributed by atoms with Crippen molar-refractivity contribution in [3.8, 4) is 0 Å². The van der Waals surface area contributed by atoms with E-state index in [0.717, 1.165) is 17.7 Å². The van der Waals surface area contributed by atoms with Crippen molar-refractivity contribution in [1.82, 2.24) is 4.90 Å².